The van der Waals surface area contributed by atoms with Crippen molar-refractivity contribution in [3.8, 4) is 5.75 Å². The molecule has 0 bridgehead atoms. The standard InChI is InChI=1S/C24H28N2O5S/c1-5-26-22-19(11-8-17(3)25-22)21-20(23(26)27)12-13-24(4,31-21)14-15-30-32(28,29)18-9-6-16(2)7-10-18/h6-11H,5,12-15H2,1-4H3. The predicted molar refractivity (Wildman–Crippen MR) is 123 cm³/mol. The van der Waals surface area contributed by atoms with Crippen LogP contribution < -0.4 is 10.3 Å². The molecule has 32 heavy (non-hydrogen) atoms. The van der Waals surface area contributed by atoms with E-state index in [9.17, 15) is 13.2 Å². The Balaban J connectivity index is 1.57. The Morgan fingerprint density at radius 2 is 1.88 bits per heavy atom. The van der Waals surface area contributed by atoms with E-state index < -0.39 is 15.7 Å². The highest BCUT2D eigenvalue weighted by atomic mass is 32.2. The molecule has 8 heteroatoms. The molecule has 0 N–H and O–H groups in total. The summed E-state index contributed by atoms with van der Waals surface area (Å²) in [6, 6.07) is 10.4. The smallest absolute Gasteiger partial charge is 0.296 e. The van der Waals surface area contributed by atoms with Crippen LogP contribution in [0.1, 0.15) is 43.5 Å². The minimum atomic E-state index is -3.84. The molecule has 4 rings (SSSR count). The molecule has 7 nitrogen and oxygen atoms in total. The van der Waals surface area contributed by atoms with Crippen molar-refractivity contribution in [3.63, 3.8) is 0 Å². The van der Waals surface area contributed by atoms with Crippen molar-refractivity contribution >= 4 is 21.2 Å². The molecule has 0 saturated carbocycles. The van der Waals surface area contributed by atoms with Crippen LogP contribution in [0.5, 0.6) is 5.75 Å². The van der Waals surface area contributed by atoms with Gasteiger partial charge in [-0.3, -0.25) is 13.5 Å². The van der Waals surface area contributed by atoms with Crippen LogP contribution in [0.4, 0.5) is 0 Å². The molecule has 0 aliphatic carbocycles. The van der Waals surface area contributed by atoms with E-state index in [4.69, 9.17) is 8.92 Å². The Kier molecular flexibility index (Phi) is 5.85. The van der Waals surface area contributed by atoms with Crippen LogP contribution in [0.2, 0.25) is 0 Å². The molecule has 3 aromatic rings. The molecule has 1 unspecified atom stereocenters. The molecule has 0 amide bonds. The van der Waals surface area contributed by atoms with Crippen LogP contribution >= 0.6 is 0 Å². The highest BCUT2D eigenvalue weighted by Crippen LogP contribution is 2.38. The van der Waals surface area contributed by atoms with Gasteiger partial charge in [0.25, 0.3) is 15.7 Å². The zero-order valence-electron chi connectivity index (χ0n) is 18.8. The second-order valence-corrected chi connectivity index (χ2v) is 10.2. The fraction of sp³-hybridized carbons (Fsp3) is 0.417. The van der Waals surface area contributed by atoms with Gasteiger partial charge in [0, 0.05) is 18.7 Å². The molecule has 0 spiro atoms. The van der Waals surface area contributed by atoms with Crippen molar-refractivity contribution in [3.05, 3.63) is 63.6 Å². The Morgan fingerprint density at radius 1 is 1.16 bits per heavy atom. The van der Waals surface area contributed by atoms with Gasteiger partial charge in [0.1, 0.15) is 17.0 Å². The van der Waals surface area contributed by atoms with E-state index >= 15 is 0 Å². The molecule has 2 aromatic heterocycles. The molecule has 1 aromatic carbocycles. The van der Waals surface area contributed by atoms with Gasteiger partial charge in [0.05, 0.1) is 22.5 Å². The summed E-state index contributed by atoms with van der Waals surface area (Å²) in [6.45, 7) is 8.16. The summed E-state index contributed by atoms with van der Waals surface area (Å²) in [5.41, 5.74) is 2.33. The topological polar surface area (TPSA) is 87.5 Å². The van der Waals surface area contributed by atoms with Crippen molar-refractivity contribution in [1.82, 2.24) is 9.55 Å². The quantitative estimate of drug-likeness (QED) is 0.523. The largest absolute Gasteiger partial charge is 0.486 e. The van der Waals surface area contributed by atoms with Crippen LogP contribution in [-0.2, 0) is 27.3 Å². The maximum absolute atomic E-state index is 13.0. The van der Waals surface area contributed by atoms with Gasteiger partial charge in [0.2, 0.25) is 0 Å². The molecule has 1 aliphatic heterocycles. The number of rotatable bonds is 6. The second kappa shape index (κ2) is 8.33. The average Bonchev–Trinajstić information content (AvgIpc) is 2.74. The summed E-state index contributed by atoms with van der Waals surface area (Å²) in [7, 11) is -3.84. The number of nitrogens with zero attached hydrogens (tertiary/aromatic N) is 2. The van der Waals surface area contributed by atoms with E-state index in [1.807, 2.05) is 39.8 Å². The van der Waals surface area contributed by atoms with Crippen molar-refractivity contribution in [1.29, 1.82) is 0 Å². The van der Waals surface area contributed by atoms with Crippen LogP contribution in [0.15, 0.2) is 46.1 Å². The molecule has 0 fully saturated rings. The third kappa shape index (κ3) is 4.17. The summed E-state index contributed by atoms with van der Waals surface area (Å²) >= 11 is 0. The first-order valence-corrected chi connectivity index (χ1v) is 12.2. The van der Waals surface area contributed by atoms with Gasteiger partial charge in [-0.15, -0.1) is 0 Å². The molecular formula is C24H28N2O5S. The SMILES string of the molecule is CCn1c(=O)c2c(c3ccc(C)nc31)OC(C)(CCOS(=O)(=O)c1ccc(C)cc1)CC2. The number of hydrogen-bond donors (Lipinski definition) is 0. The van der Waals surface area contributed by atoms with Gasteiger partial charge < -0.3 is 4.74 Å². The van der Waals surface area contributed by atoms with E-state index in [-0.39, 0.29) is 17.1 Å². The Morgan fingerprint density at radius 3 is 2.56 bits per heavy atom. The maximum atomic E-state index is 13.0. The highest BCUT2D eigenvalue weighted by Gasteiger charge is 2.35. The minimum Gasteiger partial charge on any atom is -0.486 e. The molecule has 170 valence electrons. The number of hydrogen-bond acceptors (Lipinski definition) is 6. The van der Waals surface area contributed by atoms with Gasteiger partial charge in [-0.2, -0.15) is 8.42 Å². The van der Waals surface area contributed by atoms with Crippen LogP contribution in [0.3, 0.4) is 0 Å². The lowest BCUT2D eigenvalue weighted by molar-refractivity contribution is 0.0443. The number of aromatic nitrogens is 2. The lowest BCUT2D eigenvalue weighted by Crippen LogP contribution is -2.40. The number of ether oxygens (including phenoxy) is 1. The number of aryl methyl sites for hydroxylation is 3. The fourth-order valence-electron chi connectivity index (χ4n) is 4.08. The van der Waals surface area contributed by atoms with Crippen molar-refractivity contribution in [2.45, 2.75) is 64.0 Å². The Hall–Kier alpha value is -2.71. The first kappa shape index (κ1) is 22.5. The molecule has 1 aliphatic rings. The van der Waals surface area contributed by atoms with Gasteiger partial charge >= 0.3 is 0 Å². The van der Waals surface area contributed by atoms with Crippen molar-refractivity contribution < 1.29 is 17.3 Å². The van der Waals surface area contributed by atoms with E-state index in [0.717, 1.165) is 16.6 Å². The van der Waals surface area contributed by atoms with Crippen LogP contribution in [0.25, 0.3) is 11.0 Å². The zero-order valence-corrected chi connectivity index (χ0v) is 19.7. The third-order valence-corrected chi connectivity index (χ3v) is 7.37. The average molecular weight is 457 g/mol. The summed E-state index contributed by atoms with van der Waals surface area (Å²) < 4.78 is 38.3. The Labute approximate surface area is 188 Å². The number of benzene rings is 1. The maximum Gasteiger partial charge on any atom is 0.296 e. The predicted octanol–water partition coefficient (Wildman–Crippen LogP) is 3.91. The van der Waals surface area contributed by atoms with Crippen LogP contribution in [-0.4, -0.2) is 30.2 Å². The molecular weight excluding hydrogens is 428 g/mol. The van der Waals surface area contributed by atoms with E-state index in [2.05, 4.69) is 4.98 Å². The van der Waals surface area contributed by atoms with Crippen molar-refractivity contribution in [2.24, 2.45) is 0 Å². The van der Waals surface area contributed by atoms with E-state index in [1.165, 1.54) is 0 Å². The number of fused-ring (bicyclic) bond motifs is 3. The summed E-state index contributed by atoms with van der Waals surface area (Å²) in [4.78, 5) is 17.8. The van der Waals surface area contributed by atoms with Gasteiger partial charge in [-0.1, -0.05) is 17.7 Å². The Bertz CT molecular complexity index is 1330. The lowest BCUT2D eigenvalue weighted by atomic mass is 9.90. The summed E-state index contributed by atoms with van der Waals surface area (Å²) in [5, 5.41) is 0.797. The summed E-state index contributed by atoms with van der Waals surface area (Å²) in [5.74, 6) is 0.553. The fourth-order valence-corrected chi connectivity index (χ4v) is 4.99. The first-order chi connectivity index (χ1) is 15.1. The second-order valence-electron chi connectivity index (χ2n) is 8.57. The number of pyridine rings is 2. The van der Waals surface area contributed by atoms with Gasteiger partial charge in [0.15, 0.2) is 0 Å². The van der Waals surface area contributed by atoms with Crippen LogP contribution in [0, 0.1) is 13.8 Å². The minimum absolute atomic E-state index is 0.0106. The van der Waals surface area contributed by atoms with Gasteiger partial charge in [-0.05, 0) is 64.8 Å². The van der Waals surface area contributed by atoms with Crippen molar-refractivity contribution in [2.75, 3.05) is 6.61 Å². The highest BCUT2D eigenvalue weighted by molar-refractivity contribution is 7.86. The lowest BCUT2D eigenvalue weighted by Gasteiger charge is -2.36. The molecule has 1 atom stereocenters. The first-order valence-electron chi connectivity index (χ1n) is 10.8. The van der Waals surface area contributed by atoms with E-state index in [1.54, 1.807) is 28.8 Å². The normalized spacial score (nSPS) is 18.4. The molecule has 3 heterocycles. The summed E-state index contributed by atoms with van der Waals surface area (Å²) in [6.07, 6.45) is 1.52. The monoisotopic (exact) mass is 456 g/mol. The molecule has 0 saturated heterocycles. The third-order valence-electron chi connectivity index (χ3n) is 6.04. The van der Waals surface area contributed by atoms with E-state index in [0.29, 0.717) is 42.8 Å². The zero-order chi connectivity index (χ0) is 23.1. The van der Waals surface area contributed by atoms with Gasteiger partial charge in [-0.25, -0.2) is 4.98 Å². The molecule has 0 radical (unpaired) electrons.